The lowest BCUT2D eigenvalue weighted by Gasteiger charge is -2.26. The first kappa shape index (κ1) is 43.6. The molecule has 5 rings (SSSR count). The van der Waals surface area contributed by atoms with E-state index in [4.69, 9.17) is 18.9 Å². The number of rotatable bonds is 26. The van der Waals surface area contributed by atoms with Crippen LogP contribution in [0.3, 0.4) is 0 Å². The SMILES string of the molecule is O=C(O)c1cc(OCCCCCCOC[C@H]2CCCN2c2ccc([N+](=O)[O-])cc2)c(C(=O)O)cc1OCCCCCCOC[C@H]1CCCN1c1ccc([N+](=O)[O-])cc1. The van der Waals surface area contributed by atoms with Gasteiger partial charge in [0.25, 0.3) is 11.4 Å². The zero-order valence-electron chi connectivity index (χ0n) is 32.8. The van der Waals surface area contributed by atoms with E-state index in [1.54, 1.807) is 24.3 Å². The number of hydrogen-bond donors (Lipinski definition) is 2. The number of benzene rings is 3. The van der Waals surface area contributed by atoms with E-state index < -0.39 is 21.8 Å². The highest BCUT2D eigenvalue weighted by molar-refractivity contribution is 5.97. The highest BCUT2D eigenvalue weighted by Crippen LogP contribution is 2.31. The first-order valence-electron chi connectivity index (χ1n) is 20.2. The van der Waals surface area contributed by atoms with E-state index in [2.05, 4.69) is 9.80 Å². The number of aromatic carboxylic acids is 2. The van der Waals surface area contributed by atoms with Gasteiger partial charge >= 0.3 is 11.9 Å². The minimum absolute atomic E-state index is 0.0109. The summed E-state index contributed by atoms with van der Waals surface area (Å²) in [5.74, 6) is -2.50. The maximum Gasteiger partial charge on any atom is 0.339 e. The molecule has 2 saturated heterocycles. The van der Waals surface area contributed by atoms with Crippen molar-refractivity contribution in [3.05, 3.63) is 92.0 Å². The van der Waals surface area contributed by atoms with Gasteiger partial charge in [-0.2, -0.15) is 0 Å². The molecule has 2 heterocycles. The lowest BCUT2D eigenvalue weighted by molar-refractivity contribution is -0.385. The summed E-state index contributed by atoms with van der Waals surface area (Å²) in [6.07, 6.45) is 10.5. The Morgan fingerprint density at radius 1 is 0.586 bits per heavy atom. The van der Waals surface area contributed by atoms with E-state index in [-0.39, 0.29) is 59.3 Å². The standard InChI is InChI=1S/C42H54N4O12/c47-41(48)37-28-40(58-26-8-4-2-6-24-56-30-36-12-10-22-44(36)32-15-19-34(20-16-32)46(53)54)38(42(49)50)27-39(37)57-25-7-3-1-5-23-55-29-35-11-9-21-43(35)31-13-17-33(18-14-31)45(51)52/h13-20,27-28,35-36H,1-12,21-26,29-30H2,(H,47,48)(H,49,50)/t35-,36-/m1/s1. The first-order valence-corrected chi connectivity index (χ1v) is 20.2. The van der Waals surface area contributed by atoms with Crippen molar-refractivity contribution in [3.8, 4) is 11.5 Å². The second-order valence-corrected chi connectivity index (χ2v) is 14.7. The summed E-state index contributed by atoms with van der Waals surface area (Å²) in [7, 11) is 0. The van der Waals surface area contributed by atoms with Gasteiger partial charge < -0.3 is 39.0 Å². The number of hydrogen-bond acceptors (Lipinski definition) is 12. The van der Waals surface area contributed by atoms with Crippen LogP contribution in [0.2, 0.25) is 0 Å². The Labute approximate surface area is 337 Å². The second kappa shape index (κ2) is 22.5. The zero-order valence-corrected chi connectivity index (χ0v) is 32.8. The zero-order chi connectivity index (χ0) is 41.3. The molecule has 314 valence electrons. The predicted molar refractivity (Wildman–Crippen MR) is 217 cm³/mol. The molecule has 0 saturated carbocycles. The molecule has 2 aliphatic rings. The Morgan fingerprint density at radius 2 is 0.948 bits per heavy atom. The number of nitrogens with zero attached hydrogens (tertiary/aromatic N) is 4. The lowest BCUT2D eigenvalue weighted by atomic mass is 10.1. The summed E-state index contributed by atoms with van der Waals surface area (Å²) in [5, 5.41) is 41.7. The number of nitro benzene ring substituents is 2. The molecule has 58 heavy (non-hydrogen) atoms. The van der Waals surface area contributed by atoms with Gasteiger partial charge in [0.1, 0.15) is 22.6 Å². The van der Waals surface area contributed by atoms with Gasteiger partial charge in [-0.25, -0.2) is 9.59 Å². The average Bonchev–Trinajstić information content (AvgIpc) is 3.89. The Bertz CT molecular complexity index is 1680. The number of carboxylic acids is 2. The molecule has 3 aromatic carbocycles. The van der Waals surface area contributed by atoms with Crippen LogP contribution in [0, 0.1) is 20.2 Å². The Kier molecular flexibility index (Phi) is 16.9. The van der Waals surface area contributed by atoms with Crippen molar-refractivity contribution < 1.29 is 48.6 Å². The van der Waals surface area contributed by atoms with E-state index in [0.29, 0.717) is 39.3 Å². The van der Waals surface area contributed by atoms with Gasteiger partial charge in [-0.05, 0) is 101 Å². The van der Waals surface area contributed by atoms with Crippen LogP contribution in [-0.4, -0.2) is 96.8 Å². The van der Waals surface area contributed by atoms with E-state index in [1.165, 1.54) is 36.4 Å². The molecule has 2 N–H and O–H groups in total. The van der Waals surface area contributed by atoms with Gasteiger partial charge in [0.2, 0.25) is 0 Å². The number of ether oxygens (including phenoxy) is 4. The number of carbonyl (C=O) groups is 2. The molecular formula is C42H54N4O12. The van der Waals surface area contributed by atoms with E-state index in [9.17, 15) is 40.0 Å². The maximum atomic E-state index is 12.1. The molecular weight excluding hydrogens is 752 g/mol. The largest absolute Gasteiger partial charge is 0.493 e. The molecule has 0 radical (unpaired) electrons. The molecule has 0 unspecified atom stereocenters. The number of carboxylic acid groups (broad SMARTS) is 2. The average molecular weight is 807 g/mol. The molecule has 2 aliphatic heterocycles. The van der Waals surface area contributed by atoms with Gasteiger partial charge in [-0.15, -0.1) is 0 Å². The van der Waals surface area contributed by atoms with Gasteiger partial charge in [-0.1, -0.05) is 12.8 Å². The molecule has 0 bridgehead atoms. The summed E-state index contributed by atoms with van der Waals surface area (Å²) in [4.78, 5) is 49.8. The smallest absolute Gasteiger partial charge is 0.339 e. The minimum atomic E-state index is -1.24. The van der Waals surface area contributed by atoms with Crippen LogP contribution < -0.4 is 19.3 Å². The van der Waals surface area contributed by atoms with Gasteiger partial charge in [0.05, 0.1) is 48.4 Å². The van der Waals surface area contributed by atoms with Crippen LogP contribution in [0.25, 0.3) is 0 Å². The topological polar surface area (TPSA) is 204 Å². The summed E-state index contributed by atoms with van der Waals surface area (Å²) in [6.45, 7) is 4.59. The van der Waals surface area contributed by atoms with E-state index >= 15 is 0 Å². The Balaban J connectivity index is 0.942. The fourth-order valence-electron chi connectivity index (χ4n) is 7.48. The van der Waals surface area contributed by atoms with Gasteiger partial charge in [0, 0.05) is 61.9 Å². The molecule has 16 heteroatoms. The van der Waals surface area contributed by atoms with Crippen LogP contribution >= 0.6 is 0 Å². The van der Waals surface area contributed by atoms with Crippen molar-refractivity contribution in [1.82, 2.24) is 0 Å². The minimum Gasteiger partial charge on any atom is -0.493 e. The highest BCUT2D eigenvalue weighted by atomic mass is 16.6. The van der Waals surface area contributed by atoms with E-state index in [0.717, 1.165) is 88.7 Å². The third-order valence-corrected chi connectivity index (χ3v) is 10.6. The highest BCUT2D eigenvalue weighted by Gasteiger charge is 2.27. The van der Waals surface area contributed by atoms with Crippen molar-refractivity contribution in [3.63, 3.8) is 0 Å². The molecule has 0 aromatic heterocycles. The number of unbranched alkanes of at least 4 members (excludes halogenated alkanes) is 6. The third-order valence-electron chi connectivity index (χ3n) is 10.6. The number of anilines is 2. The molecule has 0 spiro atoms. The summed E-state index contributed by atoms with van der Waals surface area (Å²) in [5.41, 5.74) is 1.74. The van der Waals surface area contributed by atoms with Crippen LogP contribution in [0.1, 0.15) is 97.8 Å². The molecule has 2 atom stereocenters. The molecule has 2 fully saturated rings. The quantitative estimate of drug-likeness (QED) is 0.0446. The number of non-ortho nitro benzene ring substituents is 2. The van der Waals surface area contributed by atoms with Crippen LogP contribution in [0.4, 0.5) is 22.7 Å². The molecule has 3 aromatic rings. The van der Waals surface area contributed by atoms with Crippen molar-refractivity contribution in [2.45, 2.75) is 89.1 Å². The fraction of sp³-hybridized carbons (Fsp3) is 0.524. The fourth-order valence-corrected chi connectivity index (χ4v) is 7.48. The predicted octanol–water partition coefficient (Wildman–Crippen LogP) is 8.15. The van der Waals surface area contributed by atoms with Crippen LogP contribution in [0.15, 0.2) is 60.7 Å². The van der Waals surface area contributed by atoms with Crippen LogP contribution in [0.5, 0.6) is 11.5 Å². The van der Waals surface area contributed by atoms with Crippen LogP contribution in [-0.2, 0) is 9.47 Å². The van der Waals surface area contributed by atoms with Crippen molar-refractivity contribution in [2.24, 2.45) is 0 Å². The third kappa shape index (κ3) is 12.8. The van der Waals surface area contributed by atoms with Gasteiger partial charge in [-0.3, -0.25) is 20.2 Å². The van der Waals surface area contributed by atoms with E-state index in [1.807, 2.05) is 0 Å². The molecule has 0 aliphatic carbocycles. The monoisotopic (exact) mass is 806 g/mol. The van der Waals surface area contributed by atoms with Crippen molar-refractivity contribution in [1.29, 1.82) is 0 Å². The summed E-state index contributed by atoms with van der Waals surface area (Å²) < 4.78 is 23.5. The second-order valence-electron chi connectivity index (χ2n) is 14.7. The summed E-state index contributed by atoms with van der Waals surface area (Å²) in [6, 6.07) is 16.1. The Morgan fingerprint density at radius 3 is 1.29 bits per heavy atom. The molecule has 0 amide bonds. The Hall–Kier alpha value is -5.48. The summed E-state index contributed by atoms with van der Waals surface area (Å²) >= 11 is 0. The molecule has 16 nitrogen and oxygen atoms in total. The maximum absolute atomic E-state index is 12.1. The van der Waals surface area contributed by atoms with Crippen molar-refractivity contribution in [2.75, 3.05) is 62.5 Å². The lowest BCUT2D eigenvalue weighted by Crippen LogP contribution is -2.33. The van der Waals surface area contributed by atoms with Crippen molar-refractivity contribution >= 4 is 34.7 Å². The number of nitro groups is 2. The van der Waals surface area contributed by atoms with Gasteiger partial charge in [0.15, 0.2) is 0 Å². The normalized spacial score (nSPS) is 16.4. The first-order chi connectivity index (χ1) is 28.1.